The molecule has 0 amide bonds. The average molecular weight is 770 g/mol. The number of pyridine rings is 3. The minimum atomic E-state index is 0.812. The summed E-state index contributed by atoms with van der Waals surface area (Å²) in [6, 6.07) is 53.4. The van der Waals surface area contributed by atoms with E-state index in [4.69, 9.17) is 9.97 Å². The quantitative estimate of drug-likeness (QED) is 0.164. The Balaban J connectivity index is 1.61. The van der Waals surface area contributed by atoms with Crippen LogP contribution in [0.3, 0.4) is 0 Å². The summed E-state index contributed by atoms with van der Waals surface area (Å²) >= 11 is 7.41. The first-order chi connectivity index (χ1) is 24.7. The molecule has 9 aromatic rings. The second-order valence-electron chi connectivity index (χ2n) is 12.2. The Hall–Kier alpha value is -5.49. The molecular formula is C45H27Br2N3. The van der Waals surface area contributed by atoms with Crippen LogP contribution in [-0.2, 0) is 0 Å². The first kappa shape index (κ1) is 30.6. The van der Waals surface area contributed by atoms with Crippen molar-refractivity contribution in [1.29, 1.82) is 0 Å². The fraction of sp³-hybridized carbons (Fsp3) is 0. The second-order valence-corrected chi connectivity index (χ2v) is 14.0. The van der Waals surface area contributed by atoms with E-state index in [9.17, 15) is 0 Å². The van der Waals surface area contributed by atoms with Gasteiger partial charge in [-0.15, -0.1) is 0 Å². The number of fused-ring (bicyclic) bond motifs is 6. The van der Waals surface area contributed by atoms with E-state index in [0.29, 0.717) is 0 Å². The summed E-state index contributed by atoms with van der Waals surface area (Å²) in [6.07, 6.45) is 3.68. The largest absolute Gasteiger partial charge is 0.255 e. The van der Waals surface area contributed by atoms with Crippen molar-refractivity contribution in [3.63, 3.8) is 0 Å². The van der Waals surface area contributed by atoms with E-state index in [1.165, 1.54) is 11.1 Å². The molecule has 236 valence electrons. The van der Waals surface area contributed by atoms with Gasteiger partial charge in [-0.25, -0.2) is 4.98 Å². The molecule has 0 aliphatic rings. The van der Waals surface area contributed by atoms with Gasteiger partial charge in [-0.2, -0.15) is 0 Å². The van der Waals surface area contributed by atoms with Crippen molar-refractivity contribution >= 4 is 64.4 Å². The van der Waals surface area contributed by atoms with Gasteiger partial charge in [0.2, 0.25) is 0 Å². The van der Waals surface area contributed by atoms with Gasteiger partial charge < -0.3 is 0 Å². The molecule has 0 unspecified atom stereocenters. The average Bonchev–Trinajstić information content (AvgIpc) is 3.18. The molecular weight excluding hydrogens is 742 g/mol. The third-order valence-electron chi connectivity index (χ3n) is 9.28. The number of benzene rings is 6. The Morgan fingerprint density at radius 3 is 1.38 bits per heavy atom. The van der Waals surface area contributed by atoms with Crippen molar-refractivity contribution in [2.75, 3.05) is 0 Å². The van der Waals surface area contributed by atoms with E-state index >= 15 is 0 Å². The van der Waals surface area contributed by atoms with Crippen molar-refractivity contribution in [1.82, 2.24) is 15.0 Å². The maximum Gasteiger partial charge on any atom is 0.0979 e. The second kappa shape index (κ2) is 12.8. The number of aromatic nitrogens is 3. The highest BCUT2D eigenvalue weighted by Crippen LogP contribution is 2.54. The molecule has 3 nitrogen and oxygen atoms in total. The predicted molar refractivity (Wildman–Crippen MR) is 215 cm³/mol. The summed E-state index contributed by atoms with van der Waals surface area (Å²) in [5.41, 5.74) is 12.5. The lowest BCUT2D eigenvalue weighted by Crippen LogP contribution is -2.00. The minimum absolute atomic E-state index is 0.812. The van der Waals surface area contributed by atoms with Crippen LogP contribution in [0, 0.1) is 0 Å². The Bertz CT molecular complexity index is 2680. The molecule has 0 spiro atoms. The number of nitrogens with zero attached hydrogens (tertiary/aromatic N) is 3. The van der Waals surface area contributed by atoms with Crippen LogP contribution in [0.2, 0.25) is 0 Å². The molecule has 9 rings (SSSR count). The van der Waals surface area contributed by atoms with Gasteiger partial charge in [-0.05, 0) is 99.1 Å². The molecule has 0 saturated heterocycles. The molecule has 0 saturated carbocycles. The smallest absolute Gasteiger partial charge is 0.0979 e. The molecule has 0 fully saturated rings. The van der Waals surface area contributed by atoms with Crippen LogP contribution >= 0.6 is 31.9 Å². The number of halogens is 2. The van der Waals surface area contributed by atoms with Gasteiger partial charge in [0.15, 0.2) is 0 Å². The van der Waals surface area contributed by atoms with Crippen LogP contribution in [0.1, 0.15) is 0 Å². The van der Waals surface area contributed by atoms with Crippen molar-refractivity contribution < 1.29 is 0 Å². The maximum absolute atomic E-state index is 5.33. The van der Waals surface area contributed by atoms with Crippen LogP contribution < -0.4 is 0 Å². The highest BCUT2D eigenvalue weighted by atomic mass is 79.9. The van der Waals surface area contributed by atoms with Crippen LogP contribution in [-0.4, -0.2) is 15.0 Å². The lowest BCUT2D eigenvalue weighted by atomic mass is 9.77. The topological polar surface area (TPSA) is 38.7 Å². The molecule has 3 heterocycles. The third-order valence-corrected chi connectivity index (χ3v) is 10.3. The molecule has 50 heavy (non-hydrogen) atoms. The van der Waals surface area contributed by atoms with E-state index in [2.05, 4.69) is 164 Å². The van der Waals surface area contributed by atoms with Crippen LogP contribution in [0.15, 0.2) is 173 Å². The number of hydrogen-bond acceptors (Lipinski definition) is 3. The molecule has 0 radical (unpaired) electrons. The van der Waals surface area contributed by atoms with Crippen molar-refractivity contribution in [2.45, 2.75) is 0 Å². The standard InChI is InChI=1S/C45H27Br2N3/c46-32-20-16-30(17-21-32)40-38(28-10-3-1-4-11-28)39(29-12-5-2-6-13-29)41(31-18-22-33(47)23-19-31)43-35-24-25-37(36-15-7-8-26-48-36)50-45(35)44-34(42(40)43)14-9-27-49-44/h1-27H. The summed E-state index contributed by atoms with van der Waals surface area (Å²) in [5, 5.41) is 4.37. The normalized spacial score (nSPS) is 11.4. The highest BCUT2D eigenvalue weighted by molar-refractivity contribution is 9.10. The summed E-state index contributed by atoms with van der Waals surface area (Å²) in [7, 11) is 0. The maximum atomic E-state index is 5.33. The van der Waals surface area contributed by atoms with Gasteiger partial charge in [0.25, 0.3) is 0 Å². The SMILES string of the molecule is Brc1ccc(-c2c(-c3ccccc3)c(-c3ccccc3)c(-c3ccc(Br)cc3)c3c4ccc(-c5ccccn5)nc4c4ncccc4c23)cc1. The Labute approximate surface area is 306 Å². The van der Waals surface area contributed by atoms with Gasteiger partial charge >= 0.3 is 0 Å². The van der Waals surface area contributed by atoms with Crippen LogP contribution in [0.5, 0.6) is 0 Å². The van der Waals surface area contributed by atoms with Gasteiger partial charge in [0, 0.05) is 42.9 Å². The third kappa shape index (κ3) is 5.22. The lowest BCUT2D eigenvalue weighted by Gasteiger charge is -2.26. The molecule has 0 aliphatic carbocycles. The van der Waals surface area contributed by atoms with Gasteiger partial charge in [-0.3, -0.25) is 9.97 Å². The van der Waals surface area contributed by atoms with Gasteiger partial charge in [0.05, 0.1) is 22.4 Å². The van der Waals surface area contributed by atoms with E-state index in [1.54, 1.807) is 0 Å². The van der Waals surface area contributed by atoms with Crippen LogP contribution in [0.25, 0.3) is 88.5 Å². The molecule has 6 aromatic carbocycles. The zero-order valence-corrected chi connectivity index (χ0v) is 29.9. The van der Waals surface area contributed by atoms with Crippen molar-refractivity contribution in [3.8, 4) is 55.9 Å². The van der Waals surface area contributed by atoms with E-state index in [0.717, 1.165) is 86.3 Å². The summed E-state index contributed by atoms with van der Waals surface area (Å²) < 4.78 is 2.06. The monoisotopic (exact) mass is 767 g/mol. The van der Waals surface area contributed by atoms with Gasteiger partial charge in [0.1, 0.15) is 0 Å². The molecule has 5 heteroatoms. The predicted octanol–water partition coefficient (Wildman–Crippen LogP) is 13.2. The zero-order valence-electron chi connectivity index (χ0n) is 26.7. The number of rotatable bonds is 5. The van der Waals surface area contributed by atoms with E-state index in [1.807, 2.05) is 36.7 Å². The summed E-state index contributed by atoms with van der Waals surface area (Å²) in [5.74, 6) is 0. The summed E-state index contributed by atoms with van der Waals surface area (Å²) in [4.78, 5) is 15.0. The minimum Gasteiger partial charge on any atom is -0.255 e. The first-order valence-electron chi connectivity index (χ1n) is 16.4. The van der Waals surface area contributed by atoms with E-state index < -0.39 is 0 Å². The fourth-order valence-electron chi connectivity index (χ4n) is 7.18. The molecule has 0 aliphatic heterocycles. The van der Waals surface area contributed by atoms with E-state index in [-0.39, 0.29) is 0 Å². The van der Waals surface area contributed by atoms with Crippen LogP contribution in [0.4, 0.5) is 0 Å². The molecule has 0 atom stereocenters. The molecule has 0 bridgehead atoms. The Kier molecular flexibility index (Phi) is 7.80. The van der Waals surface area contributed by atoms with Crippen molar-refractivity contribution in [2.24, 2.45) is 0 Å². The van der Waals surface area contributed by atoms with Gasteiger partial charge in [-0.1, -0.05) is 129 Å². The highest BCUT2D eigenvalue weighted by Gasteiger charge is 2.27. The lowest BCUT2D eigenvalue weighted by molar-refractivity contribution is 1.28. The molecule has 0 N–H and O–H groups in total. The van der Waals surface area contributed by atoms with Crippen molar-refractivity contribution in [3.05, 3.63) is 173 Å². The fourth-order valence-corrected chi connectivity index (χ4v) is 7.71. The molecule has 3 aromatic heterocycles. The zero-order chi connectivity index (χ0) is 33.6. The number of hydrogen-bond donors (Lipinski definition) is 0. The first-order valence-corrected chi connectivity index (χ1v) is 18.0. The Morgan fingerprint density at radius 2 is 0.840 bits per heavy atom. The summed E-state index contributed by atoms with van der Waals surface area (Å²) in [6.45, 7) is 0. The Morgan fingerprint density at radius 1 is 0.340 bits per heavy atom.